The number of fused-ring (bicyclic) bond motifs is 1. The van der Waals surface area contributed by atoms with Crippen molar-refractivity contribution in [2.75, 3.05) is 18.5 Å². The van der Waals surface area contributed by atoms with Crippen molar-refractivity contribution in [3.8, 4) is 0 Å². The van der Waals surface area contributed by atoms with Gasteiger partial charge in [0.15, 0.2) is 5.58 Å². The van der Waals surface area contributed by atoms with E-state index in [1.807, 2.05) is 0 Å². The molecule has 3 N–H and O–H groups in total. The van der Waals surface area contributed by atoms with Crippen LogP contribution < -0.4 is 16.4 Å². The van der Waals surface area contributed by atoms with Crippen LogP contribution in [0, 0.1) is 0 Å². The van der Waals surface area contributed by atoms with Gasteiger partial charge in [-0.25, -0.2) is 4.79 Å². The molecule has 0 radical (unpaired) electrons. The Morgan fingerprint density at radius 3 is 3.00 bits per heavy atom. The van der Waals surface area contributed by atoms with Crippen LogP contribution in [0.3, 0.4) is 0 Å². The van der Waals surface area contributed by atoms with Crippen molar-refractivity contribution in [3.63, 3.8) is 0 Å². The molecule has 6 nitrogen and oxygen atoms in total. The molecule has 0 atom stereocenters. The molecule has 1 heterocycles. The number of nitrogens with zero attached hydrogens (tertiary/aromatic N) is 1. The maximum Gasteiger partial charge on any atom is 0.417 e. The van der Waals surface area contributed by atoms with Crippen LogP contribution in [0.4, 0.5) is 5.69 Å². The number of hydrogen-bond donors (Lipinski definition) is 2. The lowest BCUT2D eigenvalue weighted by Crippen LogP contribution is -2.26. The van der Waals surface area contributed by atoms with E-state index in [0.717, 1.165) is 0 Å². The van der Waals surface area contributed by atoms with Gasteiger partial charge in [0.25, 0.3) is 0 Å². The number of H-pyrrole nitrogens is 1. The first-order valence-electron chi connectivity index (χ1n) is 5.71. The first kappa shape index (κ1) is 12.4. The molecular weight excluding hydrogens is 234 g/mol. The van der Waals surface area contributed by atoms with E-state index in [1.165, 1.54) is 0 Å². The molecule has 0 aliphatic rings. The van der Waals surface area contributed by atoms with Crippen molar-refractivity contribution in [2.45, 2.75) is 12.8 Å². The van der Waals surface area contributed by atoms with Crippen LogP contribution in [-0.4, -0.2) is 24.5 Å². The summed E-state index contributed by atoms with van der Waals surface area (Å²) in [6.45, 7) is 0.494. The SMILES string of the molecule is CN(C(=O)CCCN)c1ccc2oc(=O)[nH]c2c1. The van der Waals surface area contributed by atoms with E-state index >= 15 is 0 Å². The average molecular weight is 249 g/mol. The minimum Gasteiger partial charge on any atom is -0.408 e. The van der Waals surface area contributed by atoms with Gasteiger partial charge in [-0.05, 0) is 31.2 Å². The molecule has 0 unspecified atom stereocenters. The third kappa shape index (κ3) is 2.43. The van der Waals surface area contributed by atoms with E-state index in [2.05, 4.69) is 4.98 Å². The lowest BCUT2D eigenvalue weighted by molar-refractivity contribution is -0.118. The molecule has 1 amide bonds. The van der Waals surface area contributed by atoms with Crippen molar-refractivity contribution < 1.29 is 9.21 Å². The van der Waals surface area contributed by atoms with E-state index in [-0.39, 0.29) is 5.91 Å². The molecule has 0 aliphatic heterocycles. The van der Waals surface area contributed by atoms with Crippen molar-refractivity contribution in [1.29, 1.82) is 0 Å². The number of nitrogens with one attached hydrogen (secondary N) is 1. The minimum atomic E-state index is -0.501. The molecule has 0 spiro atoms. The summed E-state index contributed by atoms with van der Waals surface area (Å²) in [6, 6.07) is 5.11. The molecule has 18 heavy (non-hydrogen) atoms. The number of carbonyl (C=O) groups is 1. The summed E-state index contributed by atoms with van der Waals surface area (Å²) in [5, 5.41) is 0. The summed E-state index contributed by atoms with van der Waals surface area (Å²) in [6.07, 6.45) is 1.07. The highest BCUT2D eigenvalue weighted by atomic mass is 16.4. The average Bonchev–Trinajstić information content (AvgIpc) is 2.73. The lowest BCUT2D eigenvalue weighted by atomic mass is 10.2. The smallest absolute Gasteiger partial charge is 0.408 e. The second-order valence-electron chi connectivity index (χ2n) is 4.04. The Bertz CT molecular complexity index is 614. The standard InChI is InChI=1S/C12H15N3O3/c1-15(11(16)3-2-6-13)8-4-5-10-9(7-8)14-12(17)18-10/h4-5,7H,2-3,6,13H2,1H3,(H,14,17). The number of nitrogens with two attached hydrogens (primary N) is 1. The third-order valence-electron chi connectivity index (χ3n) is 2.76. The molecule has 1 aromatic carbocycles. The van der Waals surface area contributed by atoms with Crippen molar-refractivity contribution in [2.24, 2.45) is 5.73 Å². The maximum atomic E-state index is 11.8. The van der Waals surface area contributed by atoms with Crippen LogP contribution in [0.25, 0.3) is 11.1 Å². The molecule has 2 aromatic rings. The number of hydrogen-bond acceptors (Lipinski definition) is 4. The second kappa shape index (κ2) is 5.05. The van der Waals surface area contributed by atoms with Gasteiger partial charge in [-0.1, -0.05) is 0 Å². The summed E-state index contributed by atoms with van der Waals surface area (Å²) >= 11 is 0. The zero-order chi connectivity index (χ0) is 13.1. The highest BCUT2D eigenvalue weighted by molar-refractivity contribution is 5.94. The quantitative estimate of drug-likeness (QED) is 0.839. The Labute approximate surface area is 103 Å². The number of aromatic nitrogens is 1. The minimum absolute atomic E-state index is 0.00866. The van der Waals surface area contributed by atoms with Gasteiger partial charge < -0.3 is 15.1 Å². The zero-order valence-electron chi connectivity index (χ0n) is 10.1. The topological polar surface area (TPSA) is 92.3 Å². The van der Waals surface area contributed by atoms with Gasteiger partial charge in [-0.15, -0.1) is 0 Å². The molecule has 6 heteroatoms. The number of anilines is 1. The Balaban J connectivity index is 2.24. The van der Waals surface area contributed by atoms with Gasteiger partial charge in [0, 0.05) is 19.2 Å². The molecule has 0 saturated carbocycles. The summed E-state index contributed by atoms with van der Waals surface area (Å²) in [5.41, 5.74) is 7.14. The number of oxazole rings is 1. The lowest BCUT2D eigenvalue weighted by Gasteiger charge is -2.16. The third-order valence-corrected chi connectivity index (χ3v) is 2.76. The Morgan fingerprint density at radius 2 is 2.28 bits per heavy atom. The van der Waals surface area contributed by atoms with E-state index in [4.69, 9.17) is 10.2 Å². The van der Waals surface area contributed by atoms with Crippen LogP contribution in [-0.2, 0) is 4.79 Å². The molecule has 2 rings (SSSR count). The predicted molar refractivity (Wildman–Crippen MR) is 68.5 cm³/mol. The van der Waals surface area contributed by atoms with Gasteiger partial charge >= 0.3 is 5.76 Å². The first-order chi connectivity index (χ1) is 8.61. The second-order valence-corrected chi connectivity index (χ2v) is 4.04. The van der Waals surface area contributed by atoms with Gasteiger partial charge in [0.2, 0.25) is 5.91 Å². The van der Waals surface area contributed by atoms with Crippen molar-refractivity contribution >= 4 is 22.7 Å². The van der Waals surface area contributed by atoms with Gasteiger partial charge in [0.1, 0.15) is 0 Å². The van der Waals surface area contributed by atoms with Crippen LogP contribution in [0.15, 0.2) is 27.4 Å². The Hall–Kier alpha value is -2.08. The fraction of sp³-hybridized carbons (Fsp3) is 0.333. The highest BCUT2D eigenvalue weighted by Gasteiger charge is 2.11. The maximum absolute atomic E-state index is 11.8. The van der Waals surface area contributed by atoms with E-state index < -0.39 is 5.76 Å². The van der Waals surface area contributed by atoms with Crippen LogP contribution in [0.5, 0.6) is 0 Å². The first-order valence-corrected chi connectivity index (χ1v) is 5.71. The molecule has 0 fully saturated rings. The number of rotatable bonds is 4. The molecular formula is C12H15N3O3. The number of amides is 1. The normalized spacial score (nSPS) is 10.8. The number of aromatic amines is 1. The molecule has 0 bridgehead atoms. The fourth-order valence-corrected chi connectivity index (χ4v) is 1.71. The molecule has 1 aromatic heterocycles. The predicted octanol–water partition coefficient (Wildman–Crippen LogP) is 0.823. The zero-order valence-corrected chi connectivity index (χ0v) is 10.1. The monoisotopic (exact) mass is 249 g/mol. The van der Waals surface area contributed by atoms with Gasteiger partial charge in [-0.2, -0.15) is 0 Å². The summed E-state index contributed by atoms with van der Waals surface area (Å²) < 4.78 is 4.90. The van der Waals surface area contributed by atoms with Gasteiger partial charge in [-0.3, -0.25) is 9.78 Å². The van der Waals surface area contributed by atoms with Crippen LogP contribution in [0.1, 0.15) is 12.8 Å². The highest BCUT2D eigenvalue weighted by Crippen LogP contribution is 2.19. The largest absolute Gasteiger partial charge is 0.417 e. The number of carbonyl (C=O) groups excluding carboxylic acids is 1. The summed E-state index contributed by atoms with van der Waals surface area (Å²) in [7, 11) is 1.69. The number of benzene rings is 1. The Kier molecular flexibility index (Phi) is 3.47. The summed E-state index contributed by atoms with van der Waals surface area (Å²) in [4.78, 5) is 26.9. The Morgan fingerprint density at radius 1 is 1.50 bits per heavy atom. The summed E-state index contributed by atoms with van der Waals surface area (Å²) in [5.74, 6) is -0.509. The van der Waals surface area contributed by atoms with E-state index in [9.17, 15) is 9.59 Å². The van der Waals surface area contributed by atoms with E-state index in [1.54, 1.807) is 30.1 Å². The van der Waals surface area contributed by atoms with Crippen LogP contribution >= 0.6 is 0 Å². The fourth-order valence-electron chi connectivity index (χ4n) is 1.71. The molecule has 0 saturated heterocycles. The van der Waals surface area contributed by atoms with Crippen molar-refractivity contribution in [1.82, 2.24) is 4.98 Å². The molecule has 0 aliphatic carbocycles. The van der Waals surface area contributed by atoms with E-state index in [0.29, 0.717) is 36.2 Å². The van der Waals surface area contributed by atoms with Crippen molar-refractivity contribution in [3.05, 3.63) is 28.7 Å². The van der Waals surface area contributed by atoms with Crippen LogP contribution in [0.2, 0.25) is 0 Å². The van der Waals surface area contributed by atoms with Gasteiger partial charge in [0.05, 0.1) is 5.52 Å². The molecule has 96 valence electrons.